The molecule has 0 saturated carbocycles. The highest BCUT2D eigenvalue weighted by atomic mass is 127. The van der Waals surface area contributed by atoms with Crippen molar-refractivity contribution in [1.82, 2.24) is 10.2 Å². The number of carbonyl (C=O) groups excluding carboxylic acids is 3. The number of halogens is 4. The maximum Gasteiger partial charge on any atom is 0.330 e. The zero-order valence-corrected chi connectivity index (χ0v) is 20.5. The number of carbonyl (C=O) groups is 3. The van der Waals surface area contributed by atoms with Gasteiger partial charge in [-0.1, -0.05) is 87.7 Å². The van der Waals surface area contributed by atoms with Crippen molar-refractivity contribution in [2.75, 3.05) is 12.4 Å². The number of nitrogens with zero attached hydrogens (tertiary/aromatic N) is 1. The van der Waals surface area contributed by atoms with Crippen LogP contribution in [0.25, 0.3) is 0 Å². The number of hydrogen-bond donors (Lipinski definition) is 1. The predicted octanol–water partition coefficient (Wildman–Crippen LogP) is 3.10. The molecular weight excluding hydrogens is 574 g/mol. The Labute approximate surface area is 201 Å². The molecule has 29 heavy (non-hydrogen) atoms. The average Bonchev–Trinajstić information content (AvgIpc) is 2.63. The highest BCUT2D eigenvalue weighted by Gasteiger charge is 2.61. The minimum Gasteiger partial charge on any atom is -0.460 e. The summed E-state index contributed by atoms with van der Waals surface area (Å²) < 4.78 is 2.86. The van der Waals surface area contributed by atoms with Crippen molar-refractivity contribution in [3.63, 3.8) is 0 Å². The van der Waals surface area contributed by atoms with Crippen LogP contribution in [0.15, 0.2) is 30.3 Å². The standard InChI is InChI=1S/C18H18Cl3IN2O4S/c1-17(22)9-29-15-12(23-11(25)7-10-5-3-2-4-6-10)14(26)24(15)13(17)16(27)28-8-18(19,20)21/h2-6,12-13,15H,7-9H2,1H3,(H,23,25)/t12?,13?,15-,17?/m0/s1. The van der Waals surface area contributed by atoms with Crippen molar-refractivity contribution < 1.29 is 19.1 Å². The molecule has 0 aromatic heterocycles. The first kappa shape index (κ1) is 23.2. The largest absolute Gasteiger partial charge is 0.460 e. The summed E-state index contributed by atoms with van der Waals surface area (Å²) in [5.74, 6) is -0.586. The fourth-order valence-corrected chi connectivity index (χ4v) is 5.96. The van der Waals surface area contributed by atoms with Gasteiger partial charge in [0.15, 0.2) is 0 Å². The van der Waals surface area contributed by atoms with Crippen molar-refractivity contribution >= 4 is 86.9 Å². The summed E-state index contributed by atoms with van der Waals surface area (Å²) in [6, 6.07) is 7.78. The van der Waals surface area contributed by atoms with Gasteiger partial charge in [-0.25, -0.2) is 4.79 Å². The van der Waals surface area contributed by atoms with E-state index in [1.807, 2.05) is 37.3 Å². The van der Waals surface area contributed by atoms with E-state index in [1.165, 1.54) is 16.7 Å². The summed E-state index contributed by atoms with van der Waals surface area (Å²) in [6.07, 6.45) is 0.181. The molecule has 11 heteroatoms. The molecule has 2 saturated heterocycles. The van der Waals surface area contributed by atoms with Crippen LogP contribution < -0.4 is 5.32 Å². The first-order valence-corrected chi connectivity index (χ1v) is 11.9. The number of nitrogens with one attached hydrogen (secondary N) is 1. The molecule has 2 aliphatic heterocycles. The van der Waals surface area contributed by atoms with Gasteiger partial charge >= 0.3 is 5.97 Å². The Hall–Kier alpha value is -0.420. The van der Waals surface area contributed by atoms with Gasteiger partial charge in [0, 0.05) is 5.75 Å². The van der Waals surface area contributed by atoms with E-state index in [-0.39, 0.29) is 23.6 Å². The Morgan fingerprint density at radius 3 is 2.62 bits per heavy atom. The average molecular weight is 592 g/mol. The molecular formula is C18H18Cl3IN2O4S. The van der Waals surface area contributed by atoms with E-state index in [9.17, 15) is 14.4 Å². The molecule has 158 valence electrons. The second-order valence-corrected chi connectivity index (χ2v) is 13.1. The molecule has 2 aliphatic rings. The van der Waals surface area contributed by atoms with Crippen molar-refractivity contribution in [1.29, 1.82) is 0 Å². The normalized spacial score (nSPS) is 28.9. The van der Waals surface area contributed by atoms with Gasteiger partial charge in [0.05, 0.1) is 9.84 Å². The third-order valence-corrected chi connectivity index (χ3v) is 8.01. The van der Waals surface area contributed by atoms with Crippen LogP contribution in [0.4, 0.5) is 0 Å². The number of esters is 1. The molecule has 1 aromatic carbocycles. The monoisotopic (exact) mass is 590 g/mol. The fourth-order valence-electron chi connectivity index (χ4n) is 3.28. The van der Waals surface area contributed by atoms with Crippen LogP contribution in [0.2, 0.25) is 0 Å². The molecule has 1 N–H and O–H groups in total. The Morgan fingerprint density at radius 1 is 1.34 bits per heavy atom. The molecule has 2 amide bonds. The molecule has 0 bridgehead atoms. The molecule has 3 unspecified atom stereocenters. The molecule has 0 radical (unpaired) electrons. The Kier molecular flexibility index (Phi) is 7.20. The lowest BCUT2D eigenvalue weighted by Gasteiger charge is -2.56. The van der Waals surface area contributed by atoms with Crippen molar-refractivity contribution in [3.05, 3.63) is 35.9 Å². The topological polar surface area (TPSA) is 75.7 Å². The van der Waals surface area contributed by atoms with E-state index in [0.717, 1.165) is 5.56 Å². The quantitative estimate of drug-likeness (QED) is 0.247. The maximum absolute atomic E-state index is 12.8. The maximum atomic E-state index is 12.8. The summed E-state index contributed by atoms with van der Waals surface area (Å²) >= 11 is 20.6. The first-order chi connectivity index (χ1) is 13.5. The second kappa shape index (κ2) is 8.98. The minimum atomic E-state index is -1.73. The number of alkyl halides is 4. The fraction of sp³-hybridized carbons (Fsp3) is 0.500. The van der Waals surface area contributed by atoms with E-state index in [0.29, 0.717) is 5.75 Å². The number of thioether (sulfide) groups is 1. The molecule has 2 heterocycles. The van der Waals surface area contributed by atoms with Gasteiger partial charge in [0.25, 0.3) is 0 Å². The zero-order chi connectivity index (χ0) is 21.4. The van der Waals surface area contributed by atoms with Crippen LogP contribution >= 0.6 is 69.2 Å². The number of β-lactam (4-membered cyclic amide) rings is 1. The van der Waals surface area contributed by atoms with Gasteiger partial charge in [0.1, 0.15) is 24.1 Å². The van der Waals surface area contributed by atoms with E-state index >= 15 is 0 Å². The lowest BCUT2D eigenvalue weighted by molar-refractivity contribution is -0.166. The minimum absolute atomic E-state index is 0.181. The zero-order valence-electron chi connectivity index (χ0n) is 15.2. The summed E-state index contributed by atoms with van der Waals surface area (Å²) in [4.78, 5) is 39.3. The first-order valence-electron chi connectivity index (χ1n) is 8.69. The lowest BCUT2D eigenvalue weighted by atomic mass is 9.94. The lowest BCUT2D eigenvalue weighted by Crippen LogP contribution is -2.78. The van der Waals surface area contributed by atoms with Crippen molar-refractivity contribution in [2.24, 2.45) is 0 Å². The van der Waals surface area contributed by atoms with Gasteiger partial charge in [-0.3, -0.25) is 9.59 Å². The molecule has 4 atom stereocenters. The molecule has 6 nitrogen and oxygen atoms in total. The van der Waals surface area contributed by atoms with Gasteiger partial charge in [-0.15, -0.1) is 11.8 Å². The smallest absolute Gasteiger partial charge is 0.330 e. The molecule has 0 spiro atoms. The van der Waals surface area contributed by atoms with Crippen LogP contribution in [-0.4, -0.2) is 59.7 Å². The van der Waals surface area contributed by atoms with E-state index in [4.69, 9.17) is 39.5 Å². The summed E-state index contributed by atoms with van der Waals surface area (Å²) in [5, 5.41) is 2.45. The van der Waals surface area contributed by atoms with Gasteiger partial charge in [0.2, 0.25) is 15.6 Å². The summed E-state index contributed by atoms with van der Waals surface area (Å²) in [5.41, 5.74) is 0.859. The second-order valence-electron chi connectivity index (χ2n) is 7.06. The highest BCUT2D eigenvalue weighted by Crippen LogP contribution is 2.46. The summed E-state index contributed by atoms with van der Waals surface area (Å²) in [7, 11) is 0. The van der Waals surface area contributed by atoms with Crippen LogP contribution in [0.5, 0.6) is 0 Å². The molecule has 0 aliphatic carbocycles. The third kappa shape index (κ3) is 5.44. The van der Waals surface area contributed by atoms with Gasteiger partial charge < -0.3 is 15.0 Å². The Balaban J connectivity index is 1.66. The van der Waals surface area contributed by atoms with E-state index < -0.39 is 31.9 Å². The van der Waals surface area contributed by atoms with Crippen LogP contribution in [0.1, 0.15) is 12.5 Å². The summed E-state index contributed by atoms with van der Waals surface area (Å²) in [6.45, 7) is 1.46. The Morgan fingerprint density at radius 2 is 2.00 bits per heavy atom. The number of fused-ring (bicyclic) bond motifs is 1. The number of benzene rings is 1. The number of amides is 2. The van der Waals surface area contributed by atoms with Gasteiger partial charge in [-0.2, -0.15) is 0 Å². The van der Waals surface area contributed by atoms with Crippen LogP contribution in [-0.2, 0) is 25.5 Å². The van der Waals surface area contributed by atoms with Crippen molar-refractivity contribution in [2.45, 2.75) is 38.0 Å². The highest BCUT2D eigenvalue weighted by molar-refractivity contribution is 14.1. The number of hydrogen-bond acceptors (Lipinski definition) is 5. The molecule has 1 aromatic rings. The SMILES string of the molecule is CC1(I)CS[C@H]2C(NC(=O)Cc3ccccc3)C(=O)N2C1C(=O)OCC(Cl)(Cl)Cl. The van der Waals surface area contributed by atoms with Crippen molar-refractivity contribution in [3.8, 4) is 0 Å². The number of ether oxygens (including phenoxy) is 1. The number of rotatable bonds is 5. The molecule has 3 rings (SSSR count). The van der Waals surface area contributed by atoms with Crippen LogP contribution in [0.3, 0.4) is 0 Å². The van der Waals surface area contributed by atoms with Gasteiger partial charge in [-0.05, 0) is 12.5 Å². The van der Waals surface area contributed by atoms with E-state index in [1.54, 1.807) is 0 Å². The molecule has 2 fully saturated rings. The van der Waals surface area contributed by atoms with Crippen LogP contribution in [0, 0.1) is 0 Å². The third-order valence-electron chi connectivity index (χ3n) is 4.59. The van der Waals surface area contributed by atoms with E-state index in [2.05, 4.69) is 27.9 Å². The predicted molar refractivity (Wildman–Crippen MR) is 123 cm³/mol. The Bertz CT molecular complexity index is 806.